The van der Waals surface area contributed by atoms with E-state index in [4.69, 9.17) is 9.84 Å². The monoisotopic (exact) mass is 295 g/mol. The van der Waals surface area contributed by atoms with Gasteiger partial charge in [-0.05, 0) is 26.0 Å². The van der Waals surface area contributed by atoms with E-state index in [1.807, 2.05) is 30.5 Å². The molecule has 0 radical (unpaired) electrons. The molecule has 108 valence electrons. The predicted molar refractivity (Wildman–Crippen MR) is 77.1 cm³/mol. The SMILES string of the molecule is CCOCC(C)n1c(SCC(=O)O)nc2cccnc21. The maximum atomic E-state index is 10.7. The van der Waals surface area contributed by atoms with Crippen molar-refractivity contribution in [3.8, 4) is 0 Å². The molecule has 0 aliphatic heterocycles. The maximum absolute atomic E-state index is 10.7. The molecule has 1 atom stereocenters. The van der Waals surface area contributed by atoms with Crippen molar-refractivity contribution < 1.29 is 14.6 Å². The Kier molecular flexibility index (Phi) is 4.97. The lowest BCUT2D eigenvalue weighted by atomic mass is 10.3. The molecule has 0 saturated heterocycles. The zero-order valence-electron chi connectivity index (χ0n) is 11.4. The molecule has 2 aromatic rings. The summed E-state index contributed by atoms with van der Waals surface area (Å²) in [4.78, 5) is 19.5. The number of aliphatic carboxylic acids is 1. The standard InChI is InChI=1S/C13H17N3O3S/c1-3-19-7-9(2)16-12-10(5-4-6-14-12)15-13(16)20-8-11(17)18/h4-6,9H,3,7-8H2,1-2H3,(H,17,18). The van der Waals surface area contributed by atoms with Crippen molar-refractivity contribution in [2.24, 2.45) is 0 Å². The Morgan fingerprint density at radius 1 is 1.60 bits per heavy atom. The molecule has 0 amide bonds. The average Bonchev–Trinajstić information content (AvgIpc) is 2.81. The van der Waals surface area contributed by atoms with E-state index in [1.54, 1.807) is 6.20 Å². The van der Waals surface area contributed by atoms with Crippen LogP contribution in [0.3, 0.4) is 0 Å². The van der Waals surface area contributed by atoms with Crippen LogP contribution in [0.1, 0.15) is 19.9 Å². The van der Waals surface area contributed by atoms with Gasteiger partial charge in [0, 0.05) is 12.8 Å². The fourth-order valence-electron chi connectivity index (χ4n) is 1.90. The van der Waals surface area contributed by atoms with Gasteiger partial charge in [0.1, 0.15) is 5.52 Å². The number of ether oxygens (including phenoxy) is 1. The van der Waals surface area contributed by atoms with Crippen LogP contribution >= 0.6 is 11.8 Å². The highest BCUT2D eigenvalue weighted by Crippen LogP contribution is 2.26. The number of hydrogen-bond acceptors (Lipinski definition) is 5. The number of aromatic nitrogens is 3. The van der Waals surface area contributed by atoms with Crippen molar-refractivity contribution in [2.45, 2.75) is 25.0 Å². The first-order valence-corrected chi connectivity index (χ1v) is 7.37. The average molecular weight is 295 g/mol. The van der Waals surface area contributed by atoms with E-state index in [0.29, 0.717) is 18.4 Å². The number of imidazole rings is 1. The molecule has 0 saturated carbocycles. The number of carboxylic acid groups (broad SMARTS) is 1. The fourth-order valence-corrected chi connectivity index (χ4v) is 2.72. The van der Waals surface area contributed by atoms with Crippen LogP contribution < -0.4 is 0 Å². The second kappa shape index (κ2) is 6.71. The Bertz CT molecular complexity index is 600. The van der Waals surface area contributed by atoms with Gasteiger partial charge in [-0.25, -0.2) is 9.97 Å². The molecule has 2 heterocycles. The van der Waals surface area contributed by atoms with Crippen LogP contribution in [-0.2, 0) is 9.53 Å². The Balaban J connectivity index is 2.36. The topological polar surface area (TPSA) is 77.2 Å². The summed E-state index contributed by atoms with van der Waals surface area (Å²) in [7, 11) is 0. The quantitative estimate of drug-likeness (QED) is 0.789. The minimum atomic E-state index is -0.862. The van der Waals surface area contributed by atoms with Crippen LogP contribution in [0, 0.1) is 0 Å². The zero-order valence-corrected chi connectivity index (χ0v) is 12.3. The number of hydrogen-bond donors (Lipinski definition) is 1. The van der Waals surface area contributed by atoms with Gasteiger partial charge in [-0.3, -0.25) is 9.36 Å². The lowest BCUT2D eigenvalue weighted by Gasteiger charge is -2.16. The van der Waals surface area contributed by atoms with E-state index >= 15 is 0 Å². The van der Waals surface area contributed by atoms with Gasteiger partial charge in [0.2, 0.25) is 0 Å². The highest BCUT2D eigenvalue weighted by atomic mass is 32.2. The Labute approximate surface area is 121 Å². The first-order valence-electron chi connectivity index (χ1n) is 6.38. The highest BCUT2D eigenvalue weighted by molar-refractivity contribution is 7.99. The van der Waals surface area contributed by atoms with Gasteiger partial charge in [-0.1, -0.05) is 11.8 Å². The molecule has 0 fully saturated rings. The van der Waals surface area contributed by atoms with Crippen LogP contribution in [-0.4, -0.2) is 44.6 Å². The highest BCUT2D eigenvalue weighted by Gasteiger charge is 2.18. The van der Waals surface area contributed by atoms with Gasteiger partial charge in [0.15, 0.2) is 10.8 Å². The van der Waals surface area contributed by atoms with Gasteiger partial charge in [-0.15, -0.1) is 0 Å². The molecule has 0 spiro atoms. The lowest BCUT2D eigenvalue weighted by Crippen LogP contribution is -2.14. The summed E-state index contributed by atoms with van der Waals surface area (Å²) < 4.78 is 7.39. The van der Waals surface area contributed by atoms with Gasteiger partial charge in [0.25, 0.3) is 0 Å². The van der Waals surface area contributed by atoms with E-state index in [0.717, 1.165) is 11.2 Å². The Hall–Kier alpha value is -1.60. The maximum Gasteiger partial charge on any atom is 0.313 e. The minimum Gasteiger partial charge on any atom is -0.481 e. The summed E-state index contributed by atoms with van der Waals surface area (Å²) in [5.74, 6) is -0.885. The van der Waals surface area contributed by atoms with Crippen molar-refractivity contribution >= 4 is 28.9 Å². The molecule has 1 N–H and O–H groups in total. The zero-order chi connectivity index (χ0) is 14.5. The summed E-state index contributed by atoms with van der Waals surface area (Å²) in [5.41, 5.74) is 1.52. The van der Waals surface area contributed by atoms with Crippen molar-refractivity contribution in [2.75, 3.05) is 19.0 Å². The molecule has 0 aliphatic rings. The largest absolute Gasteiger partial charge is 0.481 e. The van der Waals surface area contributed by atoms with Crippen molar-refractivity contribution in [1.29, 1.82) is 0 Å². The molecule has 2 aromatic heterocycles. The van der Waals surface area contributed by atoms with Crippen LogP contribution in [0.4, 0.5) is 0 Å². The van der Waals surface area contributed by atoms with Gasteiger partial charge in [-0.2, -0.15) is 0 Å². The molecule has 20 heavy (non-hydrogen) atoms. The predicted octanol–water partition coefficient (Wildman–Crippen LogP) is 2.21. The van der Waals surface area contributed by atoms with Crippen molar-refractivity contribution in [3.05, 3.63) is 18.3 Å². The van der Waals surface area contributed by atoms with E-state index < -0.39 is 5.97 Å². The molecule has 1 unspecified atom stereocenters. The van der Waals surface area contributed by atoms with Crippen molar-refractivity contribution in [3.63, 3.8) is 0 Å². The third-order valence-corrected chi connectivity index (χ3v) is 3.68. The van der Waals surface area contributed by atoms with E-state index in [9.17, 15) is 4.79 Å². The van der Waals surface area contributed by atoms with E-state index in [2.05, 4.69) is 9.97 Å². The summed E-state index contributed by atoms with van der Waals surface area (Å²) >= 11 is 1.20. The summed E-state index contributed by atoms with van der Waals surface area (Å²) in [6.45, 7) is 5.13. The normalized spacial score (nSPS) is 12.7. The molecule has 7 heteroatoms. The Morgan fingerprint density at radius 2 is 2.40 bits per heavy atom. The first-order chi connectivity index (χ1) is 9.63. The number of carbonyl (C=O) groups is 1. The fraction of sp³-hybridized carbons (Fsp3) is 0.462. The second-order valence-corrected chi connectivity index (χ2v) is 5.24. The van der Waals surface area contributed by atoms with Crippen LogP contribution in [0.25, 0.3) is 11.2 Å². The van der Waals surface area contributed by atoms with Crippen LogP contribution in [0.15, 0.2) is 23.5 Å². The molecule has 0 aliphatic carbocycles. The first kappa shape index (κ1) is 14.8. The Morgan fingerprint density at radius 3 is 3.10 bits per heavy atom. The lowest BCUT2D eigenvalue weighted by molar-refractivity contribution is -0.133. The number of carboxylic acids is 1. The molecular formula is C13H17N3O3S. The van der Waals surface area contributed by atoms with Gasteiger partial charge >= 0.3 is 5.97 Å². The van der Waals surface area contributed by atoms with Gasteiger partial charge < -0.3 is 9.84 Å². The number of rotatable bonds is 7. The summed E-state index contributed by atoms with van der Waals surface area (Å²) in [6.07, 6.45) is 1.71. The van der Waals surface area contributed by atoms with Crippen molar-refractivity contribution in [1.82, 2.24) is 14.5 Å². The van der Waals surface area contributed by atoms with E-state index in [-0.39, 0.29) is 11.8 Å². The van der Waals surface area contributed by atoms with Crippen LogP contribution in [0.2, 0.25) is 0 Å². The second-order valence-electron chi connectivity index (χ2n) is 4.30. The molecular weight excluding hydrogens is 278 g/mol. The number of pyridine rings is 1. The van der Waals surface area contributed by atoms with Gasteiger partial charge in [0.05, 0.1) is 18.4 Å². The van der Waals surface area contributed by atoms with Crippen LogP contribution in [0.5, 0.6) is 0 Å². The number of nitrogens with zero attached hydrogens (tertiary/aromatic N) is 3. The third-order valence-electron chi connectivity index (χ3n) is 2.75. The molecule has 0 bridgehead atoms. The third kappa shape index (κ3) is 3.29. The number of fused-ring (bicyclic) bond motifs is 1. The molecule has 0 aromatic carbocycles. The van der Waals surface area contributed by atoms with E-state index in [1.165, 1.54) is 11.8 Å². The molecule has 6 nitrogen and oxygen atoms in total. The summed E-state index contributed by atoms with van der Waals surface area (Å²) in [6, 6.07) is 3.74. The summed E-state index contributed by atoms with van der Waals surface area (Å²) in [5, 5.41) is 9.48. The number of thioether (sulfide) groups is 1. The molecule has 2 rings (SSSR count). The minimum absolute atomic E-state index is 0.0231. The smallest absolute Gasteiger partial charge is 0.313 e.